The lowest BCUT2D eigenvalue weighted by atomic mass is 9.67. The number of ether oxygens (including phenoxy) is 1. The highest BCUT2D eigenvalue weighted by Crippen LogP contribution is 2.52. The Hall–Kier alpha value is -2.55. The lowest BCUT2D eigenvalue weighted by Crippen LogP contribution is -2.58. The first-order valence-corrected chi connectivity index (χ1v) is 12.6. The summed E-state index contributed by atoms with van der Waals surface area (Å²) in [6.45, 7) is 9.09. The van der Waals surface area contributed by atoms with Crippen LogP contribution in [0.4, 0.5) is 0 Å². The van der Waals surface area contributed by atoms with Crippen LogP contribution in [0.15, 0.2) is 48.5 Å². The Labute approximate surface area is 218 Å². The Morgan fingerprint density at radius 1 is 1.17 bits per heavy atom. The number of hydrogen-bond donors (Lipinski definition) is 0. The number of nitriles is 1. The Morgan fingerprint density at radius 2 is 1.83 bits per heavy atom. The number of benzene rings is 2. The minimum atomic E-state index is -0.972. The quantitative estimate of drug-likeness (QED) is 0.385. The van der Waals surface area contributed by atoms with Crippen molar-refractivity contribution in [2.75, 3.05) is 0 Å². The lowest BCUT2D eigenvalue weighted by molar-refractivity contribution is -0.173. The van der Waals surface area contributed by atoms with E-state index < -0.39 is 29.1 Å². The van der Waals surface area contributed by atoms with Gasteiger partial charge in [-0.15, -0.1) is 0 Å². The van der Waals surface area contributed by atoms with Crippen molar-refractivity contribution in [3.63, 3.8) is 0 Å². The molecule has 2 aromatic carbocycles. The standard InChI is InChI=1S/C28H32Cl2N2O3/c1-6-23(25(33)35-27(2,3)4)32-24(18-10-12-20(29)13-11-18)22(19-8-7-9-21(30)16-19)17-28(5,14-15-31)26(32)34/h7-13,16,22-24H,6,14,17H2,1-5H3/t22-,23?,24-,28+/m1/s1. The van der Waals surface area contributed by atoms with Gasteiger partial charge in [0.2, 0.25) is 5.91 Å². The molecule has 1 aliphatic heterocycles. The van der Waals surface area contributed by atoms with E-state index >= 15 is 0 Å². The number of rotatable bonds is 6. The first kappa shape index (κ1) is 27.0. The van der Waals surface area contributed by atoms with Crippen LogP contribution >= 0.6 is 23.2 Å². The summed E-state index contributed by atoms with van der Waals surface area (Å²) in [4.78, 5) is 29.2. The van der Waals surface area contributed by atoms with Gasteiger partial charge in [-0.05, 0) is 75.9 Å². The molecule has 1 fully saturated rings. The van der Waals surface area contributed by atoms with Crippen LogP contribution in [0.5, 0.6) is 0 Å². The van der Waals surface area contributed by atoms with E-state index in [1.807, 2.05) is 44.2 Å². The van der Waals surface area contributed by atoms with E-state index in [0.29, 0.717) is 22.9 Å². The van der Waals surface area contributed by atoms with Crippen molar-refractivity contribution in [2.45, 2.75) is 77.5 Å². The second-order valence-corrected chi connectivity index (χ2v) is 11.3. The number of halogens is 2. The summed E-state index contributed by atoms with van der Waals surface area (Å²) in [5.74, 6) is -0.893. The van der Waals surface area contributed by atoms with Gasteiger partial charge in [0.15, 0.2) is 0 Å². The SMILES string of the molecule is CCC(C(=O)OC(C)(C)C)N1C(=O)[C@@](C)(CC#N)C[C@H](c2cccc(Cl)c2)[C@H]1c1ccc(Cl)cc1. The third kappa shape index (κ3) is 6.00. The van der Waals surface area contributed by atoms with Gasteiger partial charge in [0.1, 0.15) is 11.6 Å². The summed E-state index contributed by atoms with van der Waals surface area (Å²) in [6.07, 6.45) is 0.849. The fraction of sp³-hybridized carbons (Fsp3) is 0.464. The van der Waals surface area contributed by atoms with Gasteiger partial charge in [-0.2, -0.15) is 5.26 Å². The maximum atomic E-state index is 14.1. The zero-order valence-corrected chi connectivity index (χ0v) is 22.4. The maximum Gasteiger partial charge on any atom is 0.329 e. The van der Waals surface area contributed by atoms with Crippen molar-refractivity contribution in [3.8, 4) is 6.07 Å². The lowest BCUT2D eigenvalue weighted by Gasteiger charge is -2.51. The van der Waals surface area contributed by atoms with Crippen LogP contribution in [0.2, 0.25) is 10.0 Å². The summed E-state index contributed by atoms with van der Waals surface area (Å²) in [5.41, 5.74) is 0.119. The molecule has 1 amide bonds. The fourth-order valence-electron chi connectivity index (χ4n) is 4.91. The predicted octanol–water partition coefficient (Wildman–Crippen LogP) is 7.09. The third-order valence-electron chi connectivity index (χ3n) is 6.46. The van der Waals surface area contributed by atoms with Crippen LogP contribution in [0.25, 0.3) is 0 Å². The topological polar surface area (TPSA) is 70.4 Å². The average Bonchev–Trinajstić information content (AvgIpc) is 2.77. The highest BCUT2D eigenvalue weighted by Gasteiger charge is 2.53. The molecule has 0 aliphatic carbocycles. The number of carbonyl (C=O) groups excluding carboxylic acids is 2. The number of hydrogen-bond acceptors (Lipinski definition) is 4. The number of nitrogens with zero attached hydrogens (tertiary/aromatic N) is 2. The summed E-state index contributed by atoms with van der Waals surface area (Å²) in [7, 11) is 0. The first-order valence-electron chi connectivity index (χ1n) is 11.8. The van der Waals surface area contributed by atoms with Gasteiger partial charge >= 0.3 is 5.97 Å². The van der Waals surface area contributed by atoms with Gasteiger partial charge < -0.3 is 9.64 Å². The number of piperidine rings is 1. The molecule has 1 aliphatic rings. The van der Waals surface area contributed by atoms with Gasteiger partial charge in [0.25, 0.3) is 0 Å². The summed E-state index contributed by atoms with van der Waals surface area (Å²) < 4.78 is 5.74. The molecule has 0 saturated carbocycles. The first-order chi connectivity index (χ1) is 16.4. The van der Waals surface area contributed by atoms with Crippen LogP contribution in [-0.2, 0) is 14.3 Å². The van der Waals surface area contributed by atoms with Crippen LogP contribution in [0.1, 0.15) is 77.0 Å². The maximum absolute atomic E-state index is 14.1. The van der Waals surface area contributed by atoms with Crippen molar-refractivity contribution in [2.24, 2.45) is 5.41 Å². The largest absolute Gasteiger partial charge is 0.458 e. The minimum absolute atomic E-state index is 0.0392. The highest BCUT2D eigenvalue weighted by molar-refractivity contribution is 6.30. The molecule has 0 radical (unpaired) electrons. The molecule has 5 nitrogen and oxygen atoms in total. The highest BCUT2D eigenvalue weighted by atomic mass is 35.5. The number of amides is 1. The predicted molar refractivity (Wildman–Crippen MR) is 138 cm³/mol. The van der Waals surface area contributed by atoms with Gasteiger partial charge in [0.05, 0.1) is 17.5 Å². The van der Waals surface area contributed by atoms with Gasteiger partial charge in [0, 0.05) is 22.4 Å². The van der Waals surface area contributed by atoms with Gasteiger partial charge in [-0.3, -0.25) is 4.79 Å². The molecule has 0 N–H and O–H groups in total. The van der Waals surface area contributed by atoms with E-state index in [4.69, 9.17) is 27.9 Å². The molecule has 2 aromatic rings. The Bertz CT molecular complexity index is 1120. The van der Waals surface area contributed by atoms with E-state index in [-0.39, 0.29) is 18.2 Å². The average molecular weight is 515 g/mol. The van der Waals surface area contributed by atoms with Crippen LogP contribution in [0.3, 0.4) is 0 Å². The number of esters is 1. The zero-order valence-electron chi connectivity index (χ0n) is 20.8. The molecule has 3 rings (SSSR count). The van der Waals surface area contributed by atoms with Crippen molar-refractivity contribution < 1.29 is 14.3 Å². The van der Waals surface area contributed by atoms with Crippen LogP contribution < -0.4 is 0 Å². The van der Waals surface area contributed by atoms with Crippen molar-refractivity contribution in [1.82, 2.24) is 4.90 Å². The van der Waals surface area contributed by atoms with Crippen molar-refractivity contribution in [1.29, 1.82) is 5.26 Å². The van der Waals surface area contributed by atoms with E-state index in [0.717, 1.165) is 11.1 Å². The van der Waals surface area contributed by atoms with Crippen LogP contribution in [0, 0.1) is 16.7 Å². The Balaban J connectivity index is 2.24. The molecule has 1 unspecified atom stereocenters. The zero-order chi connectivity index (χ0) is 26.0. The molecule has 1 saturated heterocycles. The van der Waals surface area contributed by atoms with E-state index in [2.05, 4.69) is 6.07 Å². The smallest absolute Gasteiger partial charge is 0.329 e. The molecule has 0 aromatic heterocycles. The van der Waals surface area contributed by atoms with Gasteiger partial charge in [-0.25, -0.2) is 4.79 Å². The molecule has 0 bridgehead atoms. The van der Waals surface area contributed by atoms with E-state index in [1.54, 1.807) is 43.9 Å². The molecule has 186 valence electrons. The fourth-order valence-corrected chi connectivity index (χ4v) is 5.24. The Kier molecular flexibility index (Phi) is 8.19. The monoisotopic (exact) mass is 514 g/mol. The van der Waals surface area contributed by atoms with Gasteiger partial charge in [-0.1, -0.05) is 54.4 Å². The molecule has 1 heterocycles. The molecule has 35 heavy (non-hydrogen) atoms. The molecular weight excluding hydrogens is 483 g/mol. The minimum Gasteiger partial charge on any atom is -0.458 e. The second kappa shape index (κ2) is 10.6. The summed E-state index contributed by atoms with van der Waals surface area (Å²) in [5, 5.41) is 10.8. The third-order valence-corrected chi connectivity index (χ3v) is 6.95. The summed E-state index contributed by atoms with van der Waals surface area (Å²) in [6, 6.07) is 15.8. The van der Waals surface area contributed by atoms with E-state index in [1.165, 1.54) is 0 Å². The molecule has 7 heteroatoms. The molecular formula is C28H32Cl2N2O3. The van der Waals surface area contributed by atoms with Crippen molar-refractivity contribution in [3.05, 3.63) is 69.7 Å². The van der Waals surface area contributed by atoms with E-state index in [9.17, 15) is 14.9 Å². The Morgan fingerprint density at radius 3 is 2.37 bits per heavy atom. The molecule has 4 atom stereocenters. The normalized spacial score (nSPS) is 23.5. The summed E-state index contributed by atoms with van der Waals surface area (Å²) >= 11 is 12.5. The number of likely N-dealkylation sites (tertiary alicyclic amines) is 1. The van der Waals surface area contributed by atoms with Crippen LogP contribution in [-0.4, -0.2) is 28.4 Å². The molecule has 0 spiro atoms. The second-order valence-electron chi connectivity index (χ2n) is 10.4. The van der Waals surface area contributed by atoms with Crippen molar-refractivity contribution >= 4 is 35.1 Å². The number of carbonyl (C=O) groups is 2.